The van der Waals surface area contributed by atoms with Crippen LogP contribution in [0.4, 0.5) is 0 Å². The van der Waals surface area contributed by atoms with E-state index in [4.69, 9.17) is 4.74 Å². The Morgan fingerprint density at radius 1 is 1.13 bits per heavy atom. The number of aliphatic hydroxyl groups is 2. The van der Waals surface area contributed by atoms with Crippen molar-refractivity contribution in [3.8, 4) is 0 Å². The minimum Gasteiger partial charge on any atom is -0.461 e. The average molecular weight is 522 g/mol. The summed E-state index contributed by atoms with van der Waals surface area (Å²) in [6.45, 7) is 7.72. The number of esters is 1. The maximum atomic E-state index is 14.2. The van der Waals surface area contributed by atoms with Crippen molar-refractivity contribution in [2.75, 3.05) is 0 Å². The highest BCUT2D eigenvalue weighted by atomic mass is 16.5. The number of aliphatic hydroxyl groups excluding tert-OH is 1. The molecule has 0 bridgehead atoms. The van der Waals surface area contributed by atoms with Crippen LogP contribution in [0.2, 0.25) is 0 Å². The van der Waals surface area contributed by atoms with Gasteiger partial charge in [0, 0.05) is 30.4 Å². The smallest absolute Gasteiger partial charge is 0.302 e. The third-order valence-electron chi connectivity index (χ3n) is 9.70. The van der Waals surface area contributed by atoms with E-state index in [-0.39, 0.29) is 17.8 Å². The molecule has 8 heteroatoms. The Labute approximate surface area is 222 Å². The Bertz CT molecular complexity index is 1280. The number of carbonyl (C=O) groups is 4. The number of carbonyl (C=O) groups excluding carboxylic acids is 4. The molecule has 8 nitrogen and oxygen atoms in total. The fourth-order valence-corrected chi connectivity index (χ4v) is 7.83. The van der Waals surface area contributed by atoms with Gasteiger partial charge in [0.2, 0.25) is 5.91 Å². The molecule has 9 unspecified atom stereocenters. The van der Waals surface area contributed by atoms with Crippen molar-refractivity contribution in [2.45, 2.75) is 71.3 Å². The van der Waals surface area contributed by atoms with E-state index in [0.29, 0.717) is 12.0 Å². The molecule has 3 aliphatic carbocycles. The molecule has 1 heterocycles. The van der Waals surface area contributed by atoms with Crippen LogP contribution in [0.3, 0.4) is 0 Å². The predicted molar refractivity (Wildman–Crippen MR) is 137 cm³/mol. The molecule has 1 spiro atoms. The van der Waals surface area contributed by atoms with Gasteiger partial charge in [-0.1, -0.05) is 48.9 Å². The van der Waals surface area contributed by atoms with Crippen LogP contribution in [0.1, 0.15) is 46.6 Å². The summed E-state index contributed by atoms with van der Waals surface area (Å²) in [6, 6.07) is 9.27. The molecule has 5 rings (SSSR count). The number of nitrogens with one attached hydrogen (secondary N) is 1. The lowest BCUT2D eigenvalue weighted by Crippen LogP contribution is -2.69. The number of fused-ring (bicyclic) bond motifs is 1. The predicted octanol–water partition coefficient (Wildman–Crippen LogP) is 2.07. The van der Waals surface area contributed by atoms with Crippen LogP contribution in [0.25, 0.3) is 0 Å². The van der Waals surface area contributed by atoms with E-state index in [1.807, 2.05) is 37.3 Å². The highest BCUT2D eigenvalue weighted by Gasteiger charge is 2.72. The van der Waals surface area contributed by atoms with Crippen molar-refractivity contribution in [2.24, 2.45) is 29.1 Å². The van der Waals surface area contributed by atoms with Crippen LogP contribution in [0, 0.1) is 29.1 Å². The first-order chi connectivity index (χ1) is 17.9. The van der Waals surface area contributed by atoms with Gasteiger partial charge in [0.05, 0.1) is 6.10 Å². The van der Waals surface area contributed by atoms with Crippen LogP contribution in [0.5, 0.6) is 0 Å². The number of ether oxygens (including phenoxy) is 1. The third-order valence-corrected chi connectivity index (χ3v) is 9.70. The molecule has 1 aromatic carbocycles. The van der Waals surface area contributed by atoms with Gasteiger partial charge in [-0.25, -0.2) is 0 Å². The zero-order valence-electron chi connectivity index (χ0n) is 22.4. The molecule has 38 heavy (non-hydrogen) atoms. The van der Waals surface area contributed by atoms with Gasteiger partial charge in [-0.15, -0.1) is 0 Å². The first-order valence-corrected chi connectivity index (χ1v) is 13.2. The monoisotopic (exact) mass is 521 g/mol. The molecule has 9 atom stereocenters. The van der Waals surface area contributed by atoms with Crippen molar-refractivity contribution in [3.05, 3.63) is 58.7 Å². The van der Waals surface area contributed by atoms with Crippen LogP contribution in [0.15, 0.2) is 53.1 Å². The van der Waals surface area contributed by atoms with Gasteiger partial charge in [0.1, 0.15) is 11.5 Å². The Morgan fingerprint density at radius 3 is 2.39 bits per heavy atom. The SMILES string of the molecule is CC(=O)OC1C2C(C=C3C(=O)C(C)=C(C)C4C(Cc5ccccc5)NC(=O)C314)CC(C)C(O)(C(C)=O)C2O. The molecule has 1 amide bonds. The zero-order valence-corrected chi connectivity index (χ0v) is 22.4. The lowest BCUT2D eigenvalue weighted by molar-refractivity contribution is -0.211. The van der Waals surface area contributed by atoms with Gasteiger partial charge in [-0.2, -0.15) is 0 Å². The number of hydrogen-bond acceptors (Lipinski definition) is 7. The number of rotatable bonds is 4. The summed E-state index contributed by atoms with van der Waals surface area (Å²) in [5.41, 5.74) is -1.11. The molecule has 2 fully saturated rings. The Kier molecular flexibility index (Phi) is 6.27. The van der Waals surface area contributed by atoms with E-state index in [1.54, 1.807) is 19.9 Å². The standard InChI is InChI=1S/C30H35NO7/c1-14-11-20-13-21-25(34)16(3)15(2)24-22(12-19-9-7-6-8-10-19)31-28(36)29(21,24)27(38-18(5)33)23(20)26(35)30(14,37)17(4)32/h6-10,13-14,20,22-24,26-27,35,37H,11-12H2,1-5H3,(H,31,36). The normalized spacial score (nSPS) is 40.0. The molecular formula is C30H35NO7. The number of ketones is 2. The van der Waals surface area contributed by atoms with Crippen LogP contribution < -0.4 is 5.32 Å². The van der Waals surface area contributed by atoms with Crippen LogP contribution in [-0.2, 0) is 30.3 Å². The van der Waals surface area contributed by atoms with Gasteiger partial charge in [0.25, 0.3) is 0 Å². The Hall–Kier alpha value is -3.10. The van der Waals surface area contributed by atoms with E-state index >= 15 is 0 Å². The molecule has 1 saturated heterocycles. The summed E-state index contributed by atoms with van der Waals surface area (Å²) in [5, 5.41) is 26.1. The molecular weight excluding hydrogens is 486 g/mol. The highest BCUT2D eigenvalue weighted by Crippen LogP contribution is 2.62. The number of amides is 1. The molecule has 202 valence electrons. The number of Topliss-reactive ketones (excluding diaryl/α,β-unsaturated/α-hetero) is 2. The zero-order chi connectivity index (χ0) is 27.7. The van der Waals surface area contributed by atoms with E-state index in [0.717, 1.165) is 11.1 Å². The minimum absolute atomic E-state index is 0.277. The van der Waals surface area contributed by atoms with Crippen molar-refractivity contribution in [1.29, 1.82) is 0 Å². The van der Waals surface area contributed by atoms with Gasteiger partial charge in [-0.3, -0.25) is 19.2 Å². The largest absolute Gasteiger partial charge is 0.461 e. The van der Waals surface area contributed by atoms with E-state index in [2.05, 4.69) is 5.32 Å². The van der Waals surface area contributed by atoms with Crippen molar-refractivity contribution >= 4 is 23.4 Å². The summed E-state index contributed by atoms with van der Waals surface area (Å²) in [6.07, 6.45) is -0.336. The third kappa shape index (κ3) is 3.42. The molecule has 1 saturated carbocycles. The minimum atomic E-state index is -2.07. The second kappa shape index (κ2) is 8.99. The van der Waals surface area contributed by atoms with Crippen LogP contribution in [-0.4, -0.2) is 57.5 Å². The Morgan fingerprint density at radius 2 is 1.79 bits per heavy atom. The lowest BCUT2D eigenvalue weighted by atomic mass is 9.48. The topological polar surface area (TPSA) is 130 Å². The van der Waals surface area contributed by atoms with E-state index < -0.39 is 70.6 Å². The number of benzene rings is 1. The van der Waals surface area contributed by atoms with Crippen molar-refractivity contribution in [1.82, 2.24) is 5.32 Å². The van der Waals surface area contributed by atoms with E-state index in [1.165, 1.54) is 13.8 Å². The van der Waals surface area contributed by atoms with Gasteiger partial charge < -0.3 is 20.3 Å². The second-order valence-electron chi connectivity index (χ2n) is 11.6. The number of allylic oxidation sites excluding steroid dienone is 2. The molecule has 0 aromatic heterocycles. The highest BCUT2D eigenvalue weighted by molar-refractivity contribution is 6.16. The lowest BCUT2D eigenvalue weighted by Gasteiger charge is -2.57. The quantitative estimate of drug-likeness (QED) is 0.517. The first kappa shape index (κ1) is 26.5. The summed E-state index contributed by atoms with van der Waals surface area (Å²) >= 11 is 0. The van der Waals surface area contributed by atoms with E-state index in [9.17, 15) is 29.4 Å². The van der Waals surface area contributed by atoms with Crippen molar-refractivity contribution < 1.29 is 34.1 Å². The maximum Gasteiger partial charge on any atom is 0.302 e. The molecule has 3 N–H and O–H groups in total. The van der Waals surface area contributed by atoms with Crippen molar-refractivity contribution in [3.63, 3.8) is 0 Å². The van der Waals surface area contributed by atoms with Gasteiger partial charge in [0.15, 0.2) is 17.2 Å². The summed E-state index contributed by atoms with van der Waals surface area (Å²) in [4.78, 5) is 53.2. The second-order valence-corrected chi connectivity index (χ2v) is 11.6. The maximum absolute atomic E-state index is 14.2. The fraction of sp³-hybridized carbons (Fsp3) is 0.533. The van der Waals surface area contributed by atoms with Crippen LogP contribution >= 0.6 is 0 Å². The molecule has 0 radical (unpaired) electrons. The first-order valence-electron chi connectivity index (χ1n) is 13.2. The molecule has 1 aromatic rings. The summed E-state index contributed by atoms with van der Waals surface area (Å²) in [7, 11) is 0. The van der Waals surface area contributed by atoms with Gasteiger partial charge in [-0.05, 0) is 56.6 Å². The fourth-order valence-electron chi connectivity index (χ4n) is 7.83. The van der Waals surface area contributed by atoms with Gasteiger partial charge >= 0.3 is 5.97 Å². The average Bonchev–Trinajstić information content (AvgIpc) is 3.14. The summed E-state index contributed by atoms with van der Waals surface area (Å²) in [5.74, 6) is -4.59. The summed E-state index contributed by atoms with van der Waals surface area (Å²) < 4.78 is 5.92. The number of hydrogen-bond donors (Lipinski definition) is 3. The Balaban J connectivity index is 1.74. The molecule has 1 aliphatic heterocycles. The molecule has 4 aliphatic rings.